The number of aryl methyl sites for hydroxylation is 1. The number of nitrogens with one attached hydrogen (secondary N) is 1. The van der Waals surface area contributed by atoms with E-state index in [1.54, 1.807) is 0 Å². The van der Waals surface area contributed by atoms with E-state index in [1.807, 2.05) is 24.3 Å². The summed E-state index contributed by atoms with van der Waals surface area (Å²) in [7, 11) is 0. The zero-order valence-electron chi connectivity index (χ0n) is 11.3. The van der Waals surface area contributed by atoms with Crippen molar-refractivity contribution in [3.8, 4) is 0 Å². The van der Waals surface area contributed by atoms with E-state index in [0.717, 1.165) is 12.8 Å². The molecule has 1 fully saturated rings. The first-order valence-corrected chi connectivity index (χ1v) is 7.74. The van der Waals surface area contributed by atoms with Gasteiger partial charge in [-0.1, -0.05) is 25.5 Å². The minimum atomic E-state index is -0.955. The van der Waals surface area contributed by atoms with Crippen LogP contribution in [0.5, 0.6) is 0 Å². The third kappa shape index (κ3) is 3.45. The molecular formula is C14H18N2O3S. The number of anilines is 1. The van der Waals surface area contributed by atoms with Gasteiger partial charge >= 0.3 is 12.0 Å². The molecule has 1 heterocycles. The monoisotopic (exact) mass is 294 g/mol. The summed E-state index contributed by atoms with van der Waals surface area (Å²) in [5.74, 6) is -0.0991. The molecule has 1 unspecified atom stereocenters. The fourth-order valence-electron chi connectivity index (χ4n) is 2.09. The van der Waals surface area contributed by atoms with E-state index < -0.39 is 12.0 Å². The van der Waals surface area contributed by atoms with Crippen molar-refractivity contribution in [3.63, 3.8) is 0 Å². The van der Waals surface area contributed by atoms with Crippen LogP contribution in [-0.4, -0.2) is 39.7 Å². The number of nitrogens with zero attached hydrogens (tertiary/aromatic N) is 1. The van der Waals surface area contributed by atoms with Gasteiger partial charge in [0.1, 0.15) is 6.04 Å². The smallest absolute Gasteiger partial charge is 0.327 e. The molecule has 1 atom stereocenters. The Kier molecular flexibility index (Phi) is 4.89. The quantitative estimate of drug-likeness (QED) is 0.895. The Morgan fingerprint density at radius 1 is 1.40 bits per heavy atom. The topological polar surface area (TPSA) is 69.6 Å². The van der Waals surface area contributed by atoms with Crippen molar-refractivity contribution in [2.45, 2.75) is 25.8 Å². The number of rotatable bonds is 4. The predicted molar refractivity (Wildman–Crippen MR) is 80.0 cm³/mol. The number of thioether (sulfide) groups is 1. The van der Waals surface area contributed by atoms with Crippen LogP contribution >= 0.6 is 11.8 Å². The zero-order valence-corrected chi connectivity index (χ0v) is 12.2. The molecule has 0 radical (unpaired) electrons. The van der Waals surface area contributed by atoms with Crippen LogP contribution in [0.4, 0.5) is 10.5 Å². The van der Waals surface area contributed by atoms with Crippen LogP contribution in [0.1, 0.15) is 18.9 Å². The van der Waals surface area contributed by atoms with E-state index in [4.69, 9.17) is 5.11 Å². The van der Waals surface area contributed by atoms with Gasteiger partial charge in [-0.2, -0.15) is 0 Å². The van der Waals surface area contributed by atoms with Gasteiger partial charge in [0, 0.05) is 11.4 Å². The van der Waals surface area contributed by atoms with Gasteiger partial charge in [-0.3, -0.25) is 0 Å². The number of carbonyl (C=O) groups is 2. The first-order valence-electron chi connectivity index (χ1n) is 6.59. The highest BCUT2D eigenvalue weighted by atomic mass is 32.2. The van der Waals surface area contributed by atoms with Crippen molar-refractivity contribution in [1.82, 2.24) is 4.90 Å². The second-order valence-electron chi connectivity index (χ2n) is 4.70. The van der Waals surface area contributed by atoms with Crippen LogP contribution in [0.2, 0.25) is 0 Å². The number of carboxylic acids is 1. The Balaban J connectivity index is 1.98. The average Bonchev–Trinajstić information content (AvgIpc) is 2.91. The highest BCUT2D eigenvalue weighted by molar-refractivity contribution is 7.99. The van der Waals surface area contributed by atoms with Crippen molar-refractivity contribution >= 4 is 29.4 Å². The summed E-state index contributed by atoms with van der Waals surface area (Å²) >= 11 is 1.45. The Labute approximate surface area is 122 Å². The first-order chi connectivity index (χ1) is 9.61. The van der Waals surface area contributed by atoms with E-state index in [0.29, 0.717) is 17.3 Å². The number of hydrogen-bond acceptors (Lipinski definition) is 3. The molecule has 1 aromatic carbocycles. The summed E-state index contributed by atoms with van der Waals surface area (Å²) < 4.78 is 0. The van der Waals surface area contributed by atoms with Crippen LogP contribution < -0.4 is 5.32 Å². The van der Waals surface area contributed by atoms with E-state index in [9.17, 15) is 9.59 Å². The summed E-state index contributed by atoms with van der Waals surface area (Å²) in [6.45, 7) is 2.12. The molecule has 6 heteroatoms. The standard InChI is InChI=1S/C14H18N2O3S/c1-2-3-10-4-6-11(7-5-10)15-14(19)16-9-20-8-12(16)13(17)18/h4-7,12H,2-3,8-9H2,1H3,(H,15,19)(H,17,18). The lowest BCUT2D eigenvalue weighted by atomic mass is 10.1. The number of benzene rings is 1. The van der Waals surface area contributed by atoms with Gasteiger partial charge in [-0.25, -0.2) is 9.59 Å². The Morgan fingerprint density at radius 2 is 2.10 bits per heavy atom. The maximum Gasteiger partial charge on any atom is 0.327 e. The average molecular weight is 294 g/mol. The van der Waals surface area contributed by atoms with Crippen LogP contribution in [0.15, 0.2) is 24.3 Å². The minimum Gasteiger partial charge on any atom is -0.480 e. The maximum absolute atomic E-state index is 12.1. The minimum absolute atomic E-state index is 0.356. The lowest BCUT2D eigenvalue weighted by Gasteiger charge is -2.20. The number of hydrogen-bond donors (Lipinski definition) is 2. The number of carboxylic acid groups (broad SMARTS) is 1. The molecule has 20 heavy (non-hydrogen) atoms. The number of carbonyl (C=O) groups excluding carboxylic acids is 1. The lowest BCUT2D eigenvalue weighted by Crippen LogP contribution is -2.43. The molecule has 1 aliphatic rings. The van der Waals surface area contributed by atoms with E-state index in [1.165, 1.54) is 22.2 Å². The van der Waals surface area contributed by atoms with Gasteiger partial charge in [-0.05, 0) is 24.1 Å². The Bertz CT molecular complexity index is 490. The zero-order chi connectivity index (χ0) is 14.5. The van der Waals surface area contributed by atoms with Gasteiger partial charge in [0.2, 0.25) is 0 Å². The van der Waals surface area contributed by atoms with Crippen molar-refractivity contribution < 1.29 is 14.7 Å². The molecule has 2 amide bonds. The number of amides is 2. The molecule has 1 aliphatic heterocycles. The molecule has 0 saturated carbocycles. The van der Waals surface area contributed by atoms with Crippen LogP contribution in [0.25, 0.3) is 0 Å². The third-order valence-corrected chi connectivity index (χ3v) is 4.18. The fourth-order valence-corrected chi connectivity index (χ4v) is 3.23. The fraction of sp³-hybridized carbons (Fsp3) is 0.429. The first kappa shape index (κ1) is 14.7. The second-order valence-corrected chi connectivity index (χ2v) is 5.70. The molecule has 2 rings (SSSR count). The number of urea groups is 1. The second kappa shape index (κ2) is 6.65. The van der Waals surface area contributed by atoms with E-state index in [-0.39, 0.29) is 6.03 Å². The van der Waals surface area contributed by atoms with E-state index >= 15 is 0 Å². The molecular weight excluding hydrogens is 276 g/mol. The highest BCUT2D eigenvalue weighted by Crippen LogP contribution is 2.22. The molecule has 0 bridgehead atoms. The van der Waals surface area contributed by atoms with Crippen molar-refractivity contribution in [2.75, 3.05) is 16.9 Å². The highest BCUT2D eigenvalue weighted by Gasteiger charge is 2.34. The molecule has 2 N–H and O–H groups in total. The van der Waals surface area contributed by atoms with Gasteiger partial charge < -0.3 is 15.3 Å². The molecule has 0 spiro atoms. The lowest BCUT2D eigenvalue weighted by molar-refractivity contribution is -0.140. The summed E-state index contributed by atoms with van der Waals surface area (Å²) in [6, 6.07) is 6.56. The summed E-state index contributed by atoms with van der Waals surface area (Å²) in [4.78, 5) is 24.5. The Morgan fingerprint density at radius 3 is 2.70 bits per heavy atom. The van der Waals surface area contributed by atoms with Crippen molar-refractivity contribution in [3.05, 3.63) is 29.8 Å². The van der Waals surface area contributed by atoms with Crippen molar-refractivity contribution in [1.29, 1.82) is 0 Å². The van der Waals surface area contributed by atoms with Crippen molar-refractivity contribution in [2.24, 2.45) is 0 Å². The van der Waals surface area contributed by atoms with Gasteiger partial charge in [0.25, 0.3) is 0 Å². The summed E-state index contributed by atoms with van der Waals surface area (Å²) in [5.41, 5.74) is 1.92. The molecule has 1 saturated heterocycles. The maximum atomic E-state index is 12.1. The van der Waals surface area contributed by atoms with Gasteiger partial charge in [-0.15, -0.1) is 11.8 Å². The predicted octanol–water partition coefficient (Wildman–Crippen LogP) is 2.63. The van der Waals surface area contributed by atoms with Crippen LogP contribution in [0.3, 0.4) is 0 Å². The molecule has 1 aromatic rings. The van der Waals surface area contributed by atoms with Gasteiger partial charge in [0.05, 0.1) is 5.88 Å². The van der Waals surface area contributed by atoms with E-state index in [2.05, 4.69) is 12.2 Å². The summed E-state index contributed by atoms with van der Waals surface area (Å²) in [6.07, 6.45) is 2.09. The molecule has 5 nitrogen and oxygen atoms in total. The molecule has 0 aliphatic carbocycles. The van der Waals surface area contributed by atoms with Crippen LogP contribution in [-0.2, 0) is 11.2 Å². The SMILES string of the molecule is CCCc1ccc(NC(=O)N2CSCC2C(=O)O)cc1. The Hall–Kier alpha value is -1.69. The van der Waals surface area contributed by atoms with Gasteiger partial charge in [0.15, 0.2) is 0 Å². The van der Waals surface area contributed by atoms with Crippen LogP contribution in [0, 0.1) is 0 Å². The molecule has 0 aromatic heterocycles. The molecule has 108 valence electrons. The third-order valence-electron chi connectivity index (χ3n) is 3.17. The summed E-state index contributed by atoms with van der Waals surface area (Å²) in [5, 5.41) is 11.8. The number of aliphatic carboxylic acids is 1. The normalized spacial score (nSPS) is 18.1. The largest absolute Gasteiger partial charge is 0.480 e.